The third-order valence-corrected chi connectivity index (χ3v) is 6.22. The number of benzene rings is 2. The summed E-state index contributed by atoms with van der Waals surface area (Å²) >= 11 is 0. The van der Waals surface area contributed by atoms with Gasteiger partial charge in [-0.2, -0.15) is 0 Å². The molecular formula is C25H35IN4O. The van der Waals surface area contributed by atoms with Crippen molar-refractivity contribution in [2.24, 2.45) is 10.9 Å². The molecule has 2 aliphatic rings. The minimum absolute atomic E-state index is 0. The highest BCUT2D eigenvalue weighted by molar-refractivity contribution is 14.0. The van der Waals surface area contributed by atoms with E-state index in [1.807, 2.05) is 7.05 Å². The van der Waals surface area contributed by atoms with Gasteiger partial charge < -0.3 is 15.0 Å². The number of nitrogens with zero attached hydrogens (tertiary/aromatic N) is 3. The van der Waals surface area contributed by atoms with E-state index in [0.29, 0.717) is 5.92 Å². The third-order valence-electron chi connectivity index (χ3n) is 6.22. The molecule has 4 rings (SSSR count). The van der Waals surface area contributed by atoms with Crippen LogP contribution in [0.25, 0.3) is 0 Å². The van der Waals surface area contributed by atoms with Crippen LogP contribution in [0.4, 0.5) is 0 Å². The standard InChI is InChI=1S/C25H34N4O.HI/c1-26-25(29-12-11-22(19-29)17-21-7-3-2-4-8-21)27-18-23-9-5-6-10-24(23)20-28-13-15-30-16-14-28;/h2-10,22H,11-20H2,1H3,(H,26,27);1H. The molecule has 2 aromatic carbocycles. The summed E-state index contributed by atoms with van der Waals surface area (Å²) in [6.45, 7) is 7.66. The molecule has 0 aliphatic carbocycles. The zero-order chi connectivity index (χ0) is 20.6. The SMILES string of the molecule is CN=C(NCc1ccccc1CN1CCOCC1)N1CCC(Cc2ccccc2)C1.I. The Balaban J connectivity index is 0.00000272. The first-order valence-corrected chi connectivity index (χ1v) is 11.2. The maximum atomic E-state index is 5.49. The van der Waals surface area contributed by atoms with Crippen molar-refractivity contribution in [3.8, 4) is 0 Å². The lowest BCUT2D eigenvalue weighted by atomic mass is 9.99. The number of morpholine rings is 1. The fraction of sp³-hybridized carbons (Fsp3) is 0.480. The van der Waals surface area contributed by atoms with Crippen LogP contribution in [0.15, 0.2) is 59.6 Å². The molecule has 5 nitrogen and oxygen atoms in total. The van der Waals surface area contributed by atoms with Crippen LogP contribution in [0, 0.1) is 5.92 Å². The number of likely N-dealkylation sites (tertiary alicyclic amines) is 1. The van der Waals surface area contributed by atoms with Gasteiger partial charge in [0.15, 0.2) is 5.96 Å². The van der Waals surface area contributed by atoms with E-state index in [1.54, 1.807) is 0 Å². The number of hydrogen-bond donors (Lipinski definition) is 1. The molecular weight excluding hydrogens is 499 g/mol. The second-order valence-corrected chi connectivity index (χ2v) is 8.35. The highest BCUT2D eigenvalue weighted by Gasteiger charge is 2.25. The maximum absolute atomic E-state index is 5.49. The van der Waals surface area contributed by atoms with Crippen LogP contribution in [0.3, 0.4) is 0 Å². The summed E-state index contributed by atoms with van der Waals surface area (Å²) < 4.78 is 5.49. The Hall–Kier alpha value is -1.64. The molecule has 0 aromatic heterocycles. The van der Waals surface area contributed by atoms with E-state index in [9.17, 15) is 0 Å². The van der Waals surface area contributed by atoms with E-state index >= 15 is 0 Å². The van der Waals surface area contributed by atoms with E-state index in [2.05, 4.69) is 74.7 Å². The highest BCUT2D eigenvalue weighted by Crippen LogP contribution is 2.21. The lowest BCUT2D eigenvalue weighted by molar-refractivity contribution is 0.0341. The van der Waals surface area contributed by atoms with E-state index < -0.39 is 0 Å². The highest BCUT2D eigenvalue weighted by atomic mass is 127. The molecule has 0 bridgehead atoms. The molecule has 0 amide bonds. The number of ether oxygens (including phenoxy) is 1. The van der Waals surface area contributed by atoms with Gasteiger partial charge in [0.05, 0.1) is 13.2 Å². The van der Waals surface area contributed by atoms with Crippen LogP contribution < -0.4 is 5.32 Å². The smallest absolute Gasteiger partial charge is 0.193 e. The summed E-state index contributed by atoms with van der Waals surface area (Å²) in [7, 11) is 1.90. The first-order valence-electron chi connectivity index (χ1n) is 11.2. The van der Waals surface area contributed by atoms with E-state index in [1.165, 1.54) is 23.1 Å². The number of aliphatic imine (C=N–C) groups is 1. The molecule has 2 aromatic rings. The minimum Gasteiger partial charge on any atom is -0.379 e. The zero-order valence-electron chi connectivity index (χ0n) is 18.5. The zero-order valence-corrected chi connectivity index (χ0v) is 20.8. The second kappa shape index (κ2) is 12.4. The third kappa shape index (κ3) is 6.92. The van der Waals surface area contributed by atoms with E-state index in [0.717, 1.165) is 64.9 Å². The molecule has 2 fully saturated rings. The van der Waals surface area contributed by atoms with E-state index in [-0.39, 0.29) is 24.0 Å². The fourth-order valence-corrected chi connectivity index (χ4v) is 4.53. The number of halogens is 1. The van der Waals surface area contributed by atoms with Crippen molar-refractivity contribution < 1.29 is 4.74 Å². The number of nitrogens with one attached hydrogen (secondary N) is 1. The van der Waals surface area contributed by atoms with E-state index in [4.69, 9.17) is 4.74 Å². The molecule has 0 radical (unpaired) electrons. The normalized spacial score (nSPS) is 19.8. The van der Waals surface area contributed by atoms with Gasteiger partial charge in [-0.05, 0) is 35.4 Å². The molecule has 168 valence electrons. The van der Waals surface area contributed by atoms with Crippen molar-refractivity contribution in [1.29, 1.82) is 0 Å². The van der Waals surface area contributed by atoms with Crippen molar-refractivity contribution in [3.63, 3.8) is 0 Å². The van der Waals surface area contributed by atoms with Crippen LogP contribution >= 0.6 is 24.0 Å². The number of guanidine groups is 1. The lowest BCUT2D eigenvalue weighted by Gasteiger charge is -2.28. The summed E-state index contributed by atoms with van der Waals surface area (Å²) in [6, 6.07) is 19.6. The molecule has 1 atom stereocenters. The molecule has 1 N–H and O–H groups in total. The van der Waals surface area contributed by atoms with Crippen molar-refractivity contribution in [2.75, 3.05) is 46.4 Å². The van der Waals surface area contributed by atoms with Crippen molar-refractivity contribution in [3.05, 3.63) is 71.3 Å². The minimum atomic E-state index is 0. The monoisotopic (exact) mass is 534 g/mol. The predicted molar refractivity (Wildman–Crippen MR) is 138 cm³/mol. The van der Waals surface area contributed by atoms with Crippen LogP contribution in [0.5, 0.6) is 0 Å². The number of rotatable bonds is 6. The van der Waals surface area contributed by atoms with Crippen molar-refractivity contribution >= 4 is 29.9 Å². The average molecular weight is 534 g/mol. The Bertz CT molecular complexity index is 823. The Labute approximate surface area is 203 Å². The largest absolute Gasteiger partial charge is 0.379 e. The fourth-order valence-electron chi connectivity index (χ4n) is 4.53. The van der Waals surface area contributed by atoms with Gasteiger partial charge in [-0.25, -0.2) is 0 Å². The van der Waals surface area contributed by atoms with Crippen LogP contribution in [0.2, 0.25) is 0 Å². The molecule has 0 spiro atoms. The van der Waals surface area contributed by atoms with Gasteiger partial charge in [0.2, 0.25) is 0 Å². The molecule has 0 saturated carbocycles. The van der Waals surface area contributed by atoms with Crippen molar-refractivity contribution in [2.45, 2.75) is 25.9 Å². The van der Waals surface area contributed by atoms with Gasteiger partial charge in [0.1, 0.15) is 0 Å². The summed E-state index contributed by atoms with van der Waals surface area (Å²) in [5, 5.41) is 3.62. The average Bonchev–Trinajstić information content (AvgIpc) is 3.25. The summed E-state index contributed by atoms with van der Waals surface area (Å²) in [5.74, 6) is 1.71. The maximum Gasteiger partial charge on any atom is 0.193 e. The van der Waals surface area contributed by atoms with Gasteiger partial charge in [0.25, 0.3) is 0 Å². The Morgan fingerprint density at radius 1 is 1.00 bits per heavy atom. The quantitative estimate of drug-likeness (QED) is 0.348. The van der Waals surface area contributed by atoms with Gasteiger partial charge in [-0.1, -0.05) is 54.6 Å². The van der Waals surface area contributed by atoms with Crippen LogP contribution in [-0.2, 0) is 24.2 Å². The van der Waals surface area contributed by atoms with Gasteiger partial charge in [-0.15, -0.1) is 24.0 Å². The summed E-state index contributed by atoms with van der Waals surface area (Å²) in [4.78, 5) is 9.47. The summed E-state index contributed by atoms with van der Waals surface area (Å²) in [5.41, 5.74) is 4.18. The summed E-state index contributed by atoms with van der Waals surface area (Å²) in [6.07, 6.45) is 2.37. The Kier molecular flexibility index (Phi) is 9.61. The van der Waals surface area contributed by atoms with Crippen molar-refractivity contribution in [1.82, 2.24) is 15.1 Å². The molecule has 6 heteroatoms. The Morgan fingerprint density at radius 3 is 2.45 bits per heavy atom. The first kappa shape index (κ1) is 24.0. The van der Waals surface area contributed by atoms with Gasteiger partial charge in [0, 0.05) is 46.3 Å². The molecule has 31 heavy (non-hydrogen) atoms. The number of hydrogen-bond acceptors (Lipinski definition) is 3. The van der Waals surface area contributed by atoms with Crippen LogP contribution in [0.1, 0.15) is 23.1 Å². The van der Waals surface area contributed by atoms with Crippen LogP contribution in [-0.4, -0.2) is 62.2 Å². The topological polar surface area (TPSA) is 40.1 Å². The first-order chi connectivity index (χ1) is 14.8. The Morgan fingerprint density at radius 2 is 1.71 bits per heavy atom. The van der Waals surface area contributed by atoms with Gasteiger partial charge >= 0.3 is 0 Å². The van der Waals surface area contributed by atoms with Gasteiger partial charge in [-0.3, -0.25) is 9.89 Å². The molecule has 2 saturated heterocycles. The lowest BCUT2D eigenvalue weighted by Crippen LogP contribution is -2.40. The molecule has 1 unspecified atom stereocenters. The second-order valence-electron chi connectivity index (χ2n) is 8.35. The predicted octanol–water partition coefficient (Wildman–Crippen LogP) is 3.78. The molecule has 2 heterocycles. The molecule has 2 aliphatic heterocycles.